The minimum absolute atomic E-state index is 0.374. The summed E-state index contributed by atoms with van der Waals surface area (Å²) in [7, 11) is 3.15. The molecule has 1 unspecified atom stereocenters. The zero-order valence-electron chi connectivity index (χ0n) is 10.6. The summed E-state index contributed by atoms with van der Waals surface area (Å²) in [4.78, 5) is 23.8. The Labute approximate surface area is 106 Å². The van der Waals surface area contributed by atoms with E-state index in [1.807, 2.05) is 30.3 Å². The van der Waals surface area contributed by atoms with E-state index >= 15 is 0 Å². The largest absolute Gasteiger partial charge is 0.480 e. The van der Waals surface area contributed by atoms with Gasteiger partial charge in [0.05, 0.1) is 0 Å². The quantitative estimate of drug-likeness (QED) is 0.828. The zero-order valence-corrected chi connectivity index (χ0v) is 10.6. The molecule has 2 N–H and O–H groups in total. The monoisotopic (exact) mass is 250 g/mol. The van der Waals surface area contributed by atoms with E-state index in [2.05, 4.69) is 5.32 Å². The first-order valence-corrected chi connectivity index (χ1v) is 5.75. The lowest BCUT2D eigenvalue weighted by molar-refractivity contribution is -0.139. The van der Waals surface area contributed by atoms with Crippen LogP contribution in [-0.4, -0.2) is 42.1 Å². The predicted molar refractivity (Wildman–Crippen MR) is 68.4 cm³/mol. The third-order valence-corrected chi connectivity index (χ3v) is 2.57. The van der Waals surface area contributed by atoms with Gasteiger partial charge >= 0.3 is 12.0 Å². The number of rotatable bonds is 5. The van der Waals surface area contributed by atoms with E-state index in [0.29, 0.717) is 12.8 Å². The number of hydrogen-bond acceptors (Lipinski definition) is 2. The third kappa shape index (κ3) is 4.45. The highest BCUT2D eigenvalue weighted by Gasteiger charge is 2.20. The van der Waals surface area contributed by atoms with Crippen LogP contribution in [0, 0.1) is 0 Å². The normalized spacial score (nSPS) is 11.7. The second-order valence-corrected chi connectivity index (χ2v) is 4.26. The van der Waals surface area contributed by atoms with E-state index in [9.17, 15) is 9.59 Å². The molecule has 0 aromatic heterocycles. The van der Waals surface area contributed by atoms with Crippen molar-refractivity contribution >= 4 is 12.0 Å². The zero-order chi connectivity index (χ0) is 13.5. The van der Waals surface area contributed by atoms with Crippen LogP contribution in [0.1, 0.15) is 12.0 Å². The van der Waals surface area contributed by atoms with E-state index in [4.69, 9.17) is 5.11 Å². The van der Waals surface area contributed by atoms with Crippen LogP contribution < -0.4 is 5.32 Å². The molecule has 0 bridgehead atoms. The van der Waals surface area contributed by atoms with E-state index in [-0.39, 0.29) is 0 Å². The van der Waals surface area contributed by atoms with Crippen molar-refractivity contribution in [1.82, 2.24) is 10.2 Å². The lowest BCUT2D eigenvalue weighted by Gasteiger charge is -2.18. The number of amides is 2. The molecule has 0 fully saturated rings. The van der Waals surface area contributed by atoms with Gasteiger partial charge in [-0.1, -0.05) is 30.3 Å². The van der Waals surface area contributed by atoms with Gasteiger partial charge < -0.3 is 15.3 Å². The topological polar surface area (TPSA) is 69.6 Å². The summed E-state index contributed by atoms with van der Waals surface area (Å²) in [6, 6.07) is 8.34. The first-order chi connectivity index (χ1) is 8.50. The van der Waals surface area contributed by atoms with Gasteiger partial charge in [0, 0.05) is 14.1 Å². The number of nitrogens with zero attached hydrogens (tertiary/aromatic N) is 1. The SMILES string of the molecule is CN(C)C(=O)NC(CCc1ccccc1)C(=O)O. The molecule has 2 amide bonds. The van der Waals surface area contributed by atoms with Crippen molar-refractivity contribution in [3.8, 4) is 0 Å². The number of carbonyl (C=O) groups is 2. The summed E-state index contributed by atoms with van der Waals surface area (Å²) in [5.41, 5.74) is 1.06. The molecule has 1 aromatic rings. The maximum Gasteiger partial charge on any atom is 0.326 e. The van der Waals surface area contributed by atoms with Gasteiger partial charge in [0.15, 0.2) is 0 Å². The highest BCUT2D eigenvalue weighted by molar-refractivity contribution is 5.82. The number of carbonyl (C=O) groups excluding carboxylic acids is 1. The second-order valence-electron chi connectivity index (χ2n) is 4.26. The van der Waals surface area contributed by atoms with Crippen LogP contribution in [-0.2, 0) is 11.2 Å². The number of hydrogen-bond donors (Lipinski definition) is 2. The second kappa shape index (κ2) is 6.64. The number of aliphatic carboxylic acids is 1. The molecule has 5 nitrogen and oxygen atoms in total. The minimum Gasteiger partial charge on any atom is -0.480 e. The summed E-state index contributed by atoms with van der Waals surface area (Å²) in [6.45, 7) is 0. The molecule has 0 saturated heterocycles. The Morgan fingerprint density at radius 3 is 2.39 bits per heavy atom. The average Bonchev–Trinajstić information content (AvgIpc) is 2.34. The molecule has 0 radical (unpaired) electrons. The molecular weight excluding hydrogens is 232 g/mol. The van der Waals surface area contributed by atoms with E-state index in [1.54, 1.807) is 14.1 Å². The number of carboxylic acid groups (broad SMARTS) is 1. The number of nitrogens with one attached hydrogen (secondary N) is 1. The number of urea groups is 1. The van der Waals surface area contributed by atoms with Crippen molar-refractivity contribution in [1.29, 1.82) is 0 Å². The number of carboxylic acids is 1. The van der Waals surface area contributed by atoms with Gasteiger partial charge in [0.2, 0.25) is 0 Å². The molecule has 1 rings (SSSR count). The van der Waals surface area contributed by atoms with E-state index in [0.717, 1.165) is 5.56 Å². The highest BCUT2D eigenvalue weighted by atomic mass is 16.4. The Morgan fingerprint density at radius 2 is 1.89 bits per heavy atom. The van der Waals surface area contributed by atoms with Gasteiger partial charge in [0.25, 0.3) is 0 Å². The lowest BCUT2D eigenvalue weighted by atomic mass is 10.1. The smallest absolute Gasteiger partial charge is 0.326 e. The first kappa shape index (κ1) is 14.0. The van der Waals surface area contributed by atoms with Crippen molar-refractivity contribution in [3.63, 3.8) is 0 Å². The summed E-state index contributed by atoms with van der Waals surface area (Å²) < 4.78 is 0. The lowest BCUT2D eigenvalue weighted by Crippen LogP contribution is -2.45. The molecule has 1 aromatic carbocycles. The molecule has 0 aliphatic heterocycles. The van der Waals surface area contributed by atoms with Crippen LogP contribution in [0.15, 0.2) is 30.3 Å². The molecule has 18 heavy (non-hydrogen) atoms. The Balaban J connectivity index is 2.54. The van der Waals surface area contributed by atoms with Crippen LogP contribution in [0.3, 0.4) is 0 Å². The fraction of sp³-hybridized carbons (Fsp3) is 0.385. The van der Waals surface area contributed by atoms with Crippen molar-refractivity contribution in [3.05, 3.63) is 35.9 Å². The van der Waals surface area contributed by atoms with E-state index in [1.165, 1.54) is 4.90 Å². The summed E-state index contributed by atoms with van der Waals surface area (Å²) in [5.74, 6) is -1.01. The molecule has 0 aliphatic carbocycles. The maximum absolute atomic E-state index is 11.4. The highest BCUT2D eigenvalue weighted by Crippen LogP contribution is 2.05. The number of aryl methyl sites for hydroxylation is 1. The van der Waals surface area contributed by atoms with Gasteiger partial charge in [-0.15, -0.1) is 0 Å². The van der Waals surface area contributed by atoms with Gasteiger partial charge in [-0.05, 0) is 18.4 Å². The predicted octanol–water partition coefficient (Wildman–Crippen LogP) is 1.34. The fourth-order valence-corrected chi connectivity index (χ4v) is 1.49. The Hall–Kier alpha value is -2.04. The Kier molecular flexibility index (Phi) is 5.17. The molecule has 98 valence electrons. The Bertz CT molecular complexity index is 404. The molecule has 0 saturated carbocycles. The van der Waals surface area contributed by atoms with Gasteiger partial charge in [-0.25, -0.2) is 9.59 Å². The van der Waals surface area contributed by atoms with Crippen molar-refractivity contribution in [2.24, 2.45) is 0 Å². The molecule has 1 atom stereocenters. The molecule has 0 spiro atoms. The standard InChI is InChI=1S/C13H18N2O3/c1-15(2)13(18)14-11(12(16)17)9-8-10-6-4-3-5-7-10/h3-7,11H,8-9H2,1-2H3,(H,14,18)(H,16,17). The summed E-state index contributed by atoms with van der Waals surface area (Å²) >= 11 is 0. The molecular formula is C13H18N2O3. The molecule has 0 aliphatic rings. The van der Waals surface area contributed by atoms with Crippen LogP contribution in [0.2, 0.25) is 0 Å². The van der Waals surface area contributed by atoms with Gasteiger partial charge in [-0.3, -0.25) is 0 Å². The Morgan fingerprint density at radius 1 is 1.28 bits per heavy atom. The van der Waals surface area contributed by atoms with Crippen molar-refractivity contribution in [2.45, 2.75) is 18.9 Å². The molecule has 5 heteroatoms. The van der Waals surface area contributed by atoms with Crippen LogP contribution in [0.4, 0.5) is 4.79 Å². The maximum atomic E-state index is 11.4. The van der Waals surface area contributed by atoms with Crippen molar-refractivity contribution < 1.29 is 14.7 Å². The van der Waals surface area contributed by atoms with Crippen LogP contribution in [0.5, 0.6) is 0 Å². The summed E-state index contributed by atoms with van der Waals surface area (Å²) in [5, 5.41) is 11.5. The summed E-state index contributed by atoms with van der Waals surface area (Å²) in [6.07, 6.45) is 0.991. The van der Waals surface area contributed by atoms with E-state index < -0.39 is 18.0 Å². The number of benzene rings is 1. The van der Waals surface area contributed by atoms with Crippen LogP contribution in [0.25, 0.3) is 0 Å². The average molecular weight is 250 g/mol. The van der Waals surface area contributed by atoms with Crippen molar-refractivity contribution in [2.75, 3.05) is 14.1 Å². The third-order valence-electron chi connectivity index (χ3n) is 2.57. The fourth-order valence-electron chi connectivity index (χ4n) is 1.49. The van der Waals surface area contributed by atoms with Crippen LogP contribution >= 0.6 is 0 Å². The molecule has 0 heterocycles. The van der Waals surface area contributed by atoms with Gasteiger partial charge in [-0.2, -0.15) is 0 Å². The minimum atomic E-state index is -1.01. The van der Waals surface area contributed by atoms with Gasteiger partial charge in [0.1, 0.15) is 6.04 Å². The first-order valence-electron chi connectivity index (χ1n) is 5.75.